The van der Waals surface area contributed by atoms with Crippen LogP contribution in [0.2, 0.25) is 0 Å². The number of fused-ring (bicyclic) bond motifs is 1. The first-order valence-corrected chi connectivity index (χ1v) is 8.07. The predicted octanol–water partition coefficient (Wildman–Crippen LogP) is 4.56. The van der Waals surface area contributed by atoms with Gasteiger partial charge in [0.15, 0.2) is 0 Å². The van der Waals surface area contributed by atoms with Gasteiger partial charge in [-0.05, 0) is 37.1 Å². The molecular formula is C15H10BrNO2S. The number of aromatic nitrogens is 1. The second-order valence-corrected chi connectivity index (χ2v) is 6.76. The van der Waals surface area contributed by atoms with Crippen molar-refractivity contribution in [3.05, 3.63) is 50.2 Å². The van der Waals surface area contributed by atoms with Crippen molar-refractivity contribution in [1.29, 1.82) is 0 Å². The zero-order valence-electron chi connectivity index (χ0n) is 10.4. The maximum absolute atomic E-state index is 12.1. The van der Waals surface area contributed by atoms with Crippen molar-refractivity contribution in [1.82, 2.24) is 4.98 Å². The van der Waals surface area contributed by atoms with Crippen molar-refractivity contribution in [3.8, 4) is 10.6 Å². The molecule has 1 saturated carbocycles. The molecule has 0 atom stereocenters. The molecule has 5 heteroatoms. The van der Waals surface area contributed by atoms with E-state index in [1.54, 1.807) is 6.07 Å². The number of rotatable bonds is 2. The minimum Gasteiger partial charge on any atom is -0.422 e. The normalized spacial score (nSPS) is 14.8. The Balaban J connectivity index is 1.88. The number of hydrogen-bond acceptors (Lipinski definition) is 4. The lowest BCUT2D eigenvalue weighted by molar-refractivity contribution is 0.563. The maximum atomic E-state index is 12.1. The smallest absolute Gasteiger partial charge is 0.346 e. The van der Waals surface area contributed by atoms with Gasteiger partial charge in [0, 0.05) is 21.2 Å². The van der Waals surface area contributed by atoms with Crippen LogP contribution < -0.4 is 5.63 Å². The van der Waals surface area contributed by atoms with E-state index in [1.165, 1.54) is 24.2 Å². The topological polar surface area (TPSA) is 43.1 Å². The summed E-state index contributed by atoms with van der Waals surface area (Å²) in [6.07, 6.45) is 2.42. The Morgan fingerprint density at radius 1 is 1.30 bits per heavy atom. The third kappa shape index (κ3) is 2.11. The fourth-order valence-electron chi connectivity index (χ4n) is 2.22. The lowest BCUT2D eigenvalue weighted by Crippen LogP contribution is -2.02. The van der Waals surface area contributed by atoms with Crippen molar-refractivity contribution in [3.63, 3.8) is 0 Å². The molecule has 1 aliphatic carbocycles. The van der Waals surface area contributed by atoms with Gasteiger partial charge < -0.3 is 4.42 Å². The molecule has 0 spiro atoms. The molecule has 0 N–H and O–H groups in total. The standard InChI is InChI=1S/C15H10BrNO2S/c16-10-3-4-13-9(5-10)6-11(15(18)19-13)14-17-12(7-20-14)8-1-2-8/h3-8H,1-2H2. The third-order valence-electron chi connectivity index (χ3n) is 3.44. The first kappa shape index (κ1) is 12.3. The van der Waals surface area contributed by atoms with Crippen molar-refractivity contribution in [2.75, 3.05) is 0 Å². The molecule has 4 rings (SSSR count). The summed E-state index contributed by atoms with van der Waals surface area (Å²) in [5, 5.41) is 3.71. The average Bonchev–Trinajstić information content (AvgIpc) is 3.17. The fraction of sp³-hybridized carbons (Fsp3) is 0.200. The highest BCUT2D eigenvalue weighted by atomic mass is 79.9. The summed E-state index contributed by atoms with van der Waals surface area (Å²) in [4.78, 5) is 16.7. The summed E-state index contributed by atoms with van der Waals surface area (Å²) in [6.45, 7) is 0. The molecule has 1 aliphatic rings. The molecule has 1 fully saturated rings. The van der Waals surface area contributed by atoms with E-state index >= 15 is 0 Å². The molecule has 3 aromatic rings. The molecule has 0 saturated heterocycles. The summed E-state index contributed by atoms with van der Waals surface area (Å²) < 4.78 is 6.34. The second-order valence-electron chi connectivity index (χ2n) is 4.98. The van der Waals surface area contributed by atoms with Gasteiger partial charge in [0.1, 0.15) is 10.6 Å². The van der Waals surface area contributed by atoms with Gasteiger partial charge in [-0.25, -0.2) is 9.78 Å². The van der Waals surface area contributed by atoms with Gasteiger partial charge in [-0.15, -0.1) is 11.3 Å². The van der Waals surface area contributed by atoms with E-state index in [2.05, 4.69) is 26.3 Å². The van der Waals surface area contributed by atoms with E-state index in [4.69, 9.17) is 4.42 Å². The Morgan fingerprint density at radius 2 is 2.15 bits per heavy atom. The van der Waals surface area contributed by atoms with Crippen molar-refractivity contribution in [2.24, 2.45) is 0 Å². The molecule has 100 valence electrons. The summed E-state index contributed by atoms with van der Waals surface area (Å²) in [5.74, 6) is 0.599. The van der Waals surface area contributed by atoms with Crippen LogP contribution in [0.5, 0.6) is 0 Å². The Bertz CT molecular complexity index is 864. The van der Waals surface area contributed by atoms with Crippen LogP contribution in [0.1, 0.15) is 24.5 Å². The largest absolute Gasteiger partial charge is 0.422 e. The molecule has 0 radical (unpaired) electrons. The highest BCUT2D eigenvalue weighted by molar-refractivity contribution is 9.10. The van der Waals surface area contributed by atoms with E-state index in [-0.39, 0.29) is 5.63 Å². The first-order chi connectivity index (χ1) is 9.70. The predicted molar refractivity (Wildman–Crippen MR) is 83.3 cm³/mol. The number of halogens is 1. The van der Waals surface area contributed by atoms with E-state index in [9.17, 15) is 4.79 Å². The summed E-state index contributed by atoms with van der Waals surface area (Å²) in [6, 6.07) is 7.46. The molecule has 2 heterocycles. The van der Waals surface area contributed by atoms with Crippen LogP contribution in [-0.2, 0) is 0 Å². The van der Waals surface area contributed by atoms with E-state index < -0.39 is 0 Å². The Labute approximate surface area is 127 Å². The molecule has 20 heavy (non-hydrogen) atoms. The van der Waals surface area contributed by atoms with Gasteiger partial charge in [-0.2, -0.15) is 0 Å². The van der Waals surface area contributed by atoms with Gasteiger partial charge in [-0.1, -0.05) is 15.9 Å². The van der Waals surface area contributed by atoms with Crippen LogP contribution >= 0.6 is 27.3 Å². The van der Waals surface area contributed by atoms with Crippen LogP contribution in [-0.4, -0.2) is 4.98 Å². The lowest BCUT2D eigenvalue weighted by Gasteiger charge is -2.00. The van der Waals surface area contributed by atoms with Gasteiger partial charge >= 0.3 is 5.63 Å². The average molecular weight is 348 g/mol. The zero-order valence-corrected chi connectivity index (χ0v) is 12.8. The highest BCUT2D eigenvalue weighted by Crippen LogP contribution is 2.41. The van der Waals surface area contributed by atoms with Crippen molar-refractivity contribution in [2.45, 2.75) is 18.8 Å². The number of hydrogen-bond donors (Lipinski definition) is 0. The maximum Gasteiger partial charge on any atom is 0.346 e. The second kappa shape index (κ2) is 4.53. The fourth-order valence-corrected chi connectivity index (χ4v) is 3.50. The SMILES string of the molecule is O=c1oc2ccc(Br)cc2cc1-c1nc(C2CC2)cs1. The van der Waals surface area contributed by atoms with Gasteiger partial charge in [-0.3, -0.25) is 0 Å². The van der Waals surface area contributed by atoms with Crippen molar-refractivity contribution >= 4 is 38.2 Å². The molecule has 3 nitrogen and oxygen atoms in total. The monoisotopic (exact) mass is 347 g/mol. The molecule has 2 aromatic heterocycles. The van der Waals surface area contributed by atoms with Crippen LogP contribution in [0.3, 0.4) is 0 Å². The van der Waals surface area contributed by atoms with Gasteiger partial charge in [0.2, 0.25) is 0 Å². The van der Waals surface area contributed by atoms with Crippen molar-refractivity contribution < 1.29 is 4.42 Å². The van der Waals surface area contributed by atoms with E-state index in [1.807, 2.05) is 18.2 Å². The van der Waals surface area contributed by atoms with Gasteiger partial charge in [0.25, 0.3) is 0 Å². The van der Waals surface area contributed by atoms with Crippen LogP contribution in [0.4, 0.5) is 0 Å². The van der Waals surface area contributed by atoms with Crippen LogP contribution in [0.25, 0.3) is 21.5 Å². The van der Waals surface area contributed by atoms with Crippen LogP contribution in [0, 0.1) is 0 Å². The quantitative estimate of drug-likeness (QED) is 0.638. The Hall–Kier alpha value is -1.46. The molecule has 0 unspecified atom stereocenters. The number of thiazole rings is 1. The number of nitrogens with zero attached hydrogens (tertiary/aromatic N) is 1. The highest BCUT2D eigenvalue weighted by Gasteiger charge is 2.26. The third-order valence-corrected chi connectivity index (χ3v) is 4.83. The minimum atomic E-state index is -0.323. The molecule has 0 amide bonds. The summed E-state index contributed by atoms with van der Waals surface area (Å²) in [5.41, 5.74) is 1.93. The van der Waals surface area contributed by atoms with Gasteiger partial charge in [0.05, 0.1) is 11.3 Å². The van der Waals surface area contributed by atoms with Crippen LogP contribution in [0.15, 0.2) is 43.3 Å². The summed E-state index contributed by atoms with van der Waals surface area (Å²) >= 11 is 4.95. The lowest BCUT2D eigenvalue weighted by atomic mass is 10.2. The van der Waals surface area contributed by atoms with E-state index in [0.717, 1.165) is 20.6 Å². The molecular weight excluding hydrogens is 338 g/mol. The molecule has 1 aromatic carbocycles. The number of benzene rings is 1. The first-order valence-electron chi connectivity index (χ1n) is 6.40. The Morgan fingerprint density at radius 3 is 2.95 bits per heavy atom. The van der Waals surface area contributed by atoms with E-state index in [0.29, 0.717) is 17.1 Å². The zero-order chi connectivity index (χ0) is 13.7. The minimum absolute atomic E-state index is 0.323. The Kier molecular flexibility index (Phi) is 2.79. The molecule has 0 bridgehead atoms. The summed E-state index contributed by atoms with van der Waals surface area (Å²) in [7, 11) is 0. The molecule has 0 aliphatic heterocycles.